The van der Waals surface area contributed by atoms with Gasteiger partial charge in [0.05, 0.1) is 17.0 Å². The molecule has 0 aromatic carbocycles. The Morgan fingerprint density at radius 3 is 2.76 bits per heavy atom. The number of hydrogen-bond acceptors (Lipinski definition) is 4. The van der Waals surface area contributed by atoms with Crippen LogP contribution >= 0.6 is 22.9 Å². The molecule has 0 unspecified atom stereocenters. The Morgan fingerprint density at radius 1 is 1.28 bits per heavy atom. The fourth-order valence-corrected chi connectivity index (χ4v) is 3.60. The van der Waals surface area contributed by atoms with Gasteiger partial charge in [-0.05, 0) is 35.7 Å². The van der Waals surface area contributed by atoms with E-state index in [1.807, 2.05) is 0 Å². The number of carbonyl (C=O) groups excluding carboxylic acids is 1. The molecule has 0 aliphatic carbocycles. The van der Waals surface area contributed by atoms with Crippen LogP contribution < -0.4 is 5.56 Å². The van der Waals surface area contributed by atoms with E-state index in [0.717, 1.165) is 23.6 Å². The predicted octanol–water partition coefficient (Wildman–Crippen LogP) is 4.19. The van der Waals surface area contributed by atoms with Crippen LogP contribution in [0.4, 0.5) is 13.2 Å². The topological polar surface area (TPSA) is 52.0 Å². The monoisotopic (exact) mass is 436 g/mol. The number of rotatable bonds is 5. The van der Waals surface area contributed by atoms with Gasteiger partial charge in [0.25, 0.3) is 12.0 Å². The van der Waals surface area contributed by atoms with E-state index >= 15 is 0 Å². The highest BCUT2D eigenvalue weighted by molar-refractivity contribution is 7.18. The zero-order chi connectivity index (χ0) is 21.0. The van der Waals surface area contributed by atoms with Crippen molar-refractivity contribution >= 4 is 28.7 Å². The lowest BCUT2D eigenvalue weighted by molar-refractivity contribution is 0.0996. The van der Waals surface area contributed by atoms with Gasteiger partial charge in [0, 0.05) is 18.8 Å². The summed E-state index contributed by atoms with van der Waals surface area (Å²) in [7, 11) is 0. The average molecular weight is 437 g/mol. The summed E-state index contributed by atoms with van der Waals surface area (Å²) in [6.07, 6.45) is -0.438. The van der Waals surface area contributed by atoms with Crippen molar-refractivity contribution in [2.75, 3.05) is 0 Å². The molecule has 0 saturated carbocycles. The number of aromatic nitrogens is 2. The zero-order valence-electron chi connectivity index (χ0n) is 14.7. The maximum atomic E-state index is 13.7. The van der Waals surface area contributed by atoms with Crippen LogP contribution in [0, 0.1) is 17.7 Å². The third-order valence-corrected chi connectivity index (χ3v) is 5.15. The molecule has 3 aromatic rings. The second kappa shape index (κ2) is 9.07. The number of pyridine rings is 2. The van der Waals surface area contributed by atoms with Gasteiger partial charge in [-0.1, -0.05) is 23.6 Å². The smallest absolute Gasteiger partial charge is 0.286 e. The van der Waals surface area contributed by atoms with Gasteiger partial charge in [0.1, 0.15) is 10.0 Å². The molecule has 0 aliphatic heterocycles. The minimum absolute atomic E-state index is 0.110. The summed E-state index contributed by atoms with van der Waals surface area (Å²) < 4.78 is 39.7. The summed E-state index contributed by atoms with van der Waals surface area (Å²) in [5.74, 6) is 4.08. The number of hydrogen-bond donors (Lipinski definition) is 0. The molecule has 0 bridgehead atoms. The summed E-state index contributed by atoms with van der Waals surface area (Å²) in [4.78, 5) is 28.5. The molecule has 0 amide bonds. The summed E-state index contributed by atoms with van der Waals surface area (Å²) in [5, 5.41) is 0. The SMILES string of the molecule is O=C(Cc1cc(F)c(=O)n(CC(F)F)c1)c1cc(C#Cc2ccccn2)c(Cl)s1. The van der Waals surface area contributed by atoms with Gasteiger partial charge in [-0.15, -0.1) is 11.3 Å². The minimum atomic E-state index is -2.82. The van der Waals surface area contributed by atoms with E-state index in [-0.39, 0.29) is 16.9 Å². The van der Waals surface area contributed by atoms with Gasteiger partial charge in [0.2, 0.25) is 0 Å². The Labute approximate surface area is 172 Å². The maximum absolute atomic E-state index is 13.7. The van der Waals surface area contributed by atoms with Crippen LogP contribution in [0.5, 0.6) is 0 Å². The van der Waals surface area contributed by atoms with Crippen molar-refractivity contribution < 1.29 is 18.0 Å². The molecular formula is C20H12ClF3N2O2S. The van der Waals surface area contributed by atoms with E-state index in [1.54, 1.807) is 24.4 Å². The molecule has 0 radical (unpaired) electrons. The molecule has 3 aromatic heterocycles. The fourth-order valence-electron chi connectivity index (χ4n) is 2.47. The maximum Gasteiger partial charge on any atom is 0.286 e. The highest BCUT2D eigenvalue weighted by Gasteiger charge is 2.16. The first kappa shape index (κ1) is 20.8. The van der Waals surface area contributed by atoms with Crippen molar-refractivity contribution in [3.63, 3.8) is 0 Å². The van der Waals surface area contributed by atoms with Crippen LogP contribution in [0.25, 0.3) is 0 Å². The number of alkyl halides is 2. The first-order chi connectivity index (χ1) is 13.8. The van der Waals surface area contributed by atoms with Crippen molar-refractivity contribution in [2.24, 2.45) is 0 Å². The zero-order valence-corrected chi connectivity index (χ0v) is 16.2. The lowest BCUT2D eigenvalue weighted by Crippen LogP contribution is -2.26. The van der Waals surface area contributed by atoms with E-state index in [4.69, 9.17) is 11.6 Å². The van der Waals surface area contributed by atoms with Gasteiger partial charge in [-0.3, -0.25) is 9.59 Å². The molecule has 9 heteroatoms. The second-order valence-electron chi connectivity index (χ2n) is 5.91. The van der Waals surface area contributed by atoms with E-state index in [2.05, 4.69) is 16.8 Å². The van der Waals surface area contributed by atoms with Crippen LogP contribution in [0.2, 0.25) is 4.34 Å². The normalized spacial score (nSPS) is 10.7. The Bertz CT molecular complexity index is 1160. The van der Waals surface area contributed by atoms with Gasteiger partial charge in [-0.2, -0.15) is 0 Å². The minimum Gasteiger partial charge on any atom is -0.307 e. The lowest BCUT2D eigenvalue weighted by Gasteiger charge is -2.08. The summed E-state index contributed by atoms with van der Waals surface area (Å²) in [6.45, 7) is -0.949. The van der Waals surface area contributed by atoms with Gasteiger partial charge >= 0.3 is 0 Å². The molecule has 0 aliphatic rings. The van der Waals surface area contributed by atoms with Crippen molar-refractivity contribution in [1.29, 1.82) is 0 Å². The van der Waals surface area contributed by atoms with E-state index in [1.165, 1.54) is 6.07 Å². The number of thiophene rings is 1. The largest absolute Gasteiger partial charge is 0.307 e. The average Bonchev–Trinajstić information content (AvgIpc) is 3.05. The van der Waals surface area contributed by atoms with Crippen molar-refractivity contribution in [1.82, 2.24) is 9.55 Å². The van der Waals surface area contributed by atoms with Gasteiger partial charge < -0.3 is 4.57 Å². The Balaban J connectivity index is 1.81. The summed E-state index contributed by atoms with van der Waals surface area (Å²) >= 11 is 7.15. The number of carbonyl (C=O) groups is 1. The summed E-state index contributed by atoms with van der Waals surface area (Å²) in [5.41, 5.74) is -0.0648. The first-order valence-corrected chi connectivity index (χ1v) is 9.45. The molecule has 3 heterocycles. The second-order valence-corrected chi connectivity index (χ2v) is 7.56. The highest BCUT2D eigenvalue weighted by atomic mass is 35.5. The van der Waals surface area contributed by atoms with Gasteiger partial charge in [-0.25, -0.2) is 18.2 Å². The molecule has 0 saturated heterocycles. The molecule has 0 spiro atoms. The molecule has 0 fully saturated rings. The van der Waals surface area contributed by atoms with E-state index in [9.17, 15) is 22.8 Å². The highest BCUT2D eigenvalue weighted by Crippen LogP contribution is 2.28. The molecule has 0 N–H and O–H groups in total. The van der Waals surface area contributed by atoms with E-state index < -0.39 is 30.1 Å². The predicted molar refractivity (Wildman–Crippen MR) is 104 cm³/mol. The van der Waals surface area contributed by atoms with Crippen LogP contribution in [0.3, 0.4) is 0 Å². The lowest BCUT2D eigenvalue weighted by atomic mass is 10.1. The third-order valence-electron chi connectivity index (χ3n) is 3.75. The van der Waals surface area contributed by atoms with Crippen molar-refractivity contribution in [3.05, 3.63) is 84.9 Å². The molecular weight excluding hydrogens is 425 g/mol. The van der Waals surface area contributed by atoms with Crippen molar-refractivity contribution in [2.45, 2.75) is 19.4 Å². The number of ketones is 1. The molecule has 148 valence electrons. The quantitative estimate of drug-likeness (QED) is 0.445. The molecule has 0 atom stereocenters. The van der Waals surface area contributed by atoms with E-state index in [0.29, 0.717) is 20.2 Å². The number of Topliss-reactive ketones (excluding diaryl/α,β-unsaturated/α-hetero) is 1. The van der Waals surface area contributed by atoms with Crippen LogP contribution in [-0.4, -0.2) is 21.8 Å². The Kier molecular flexibility index (Phi) is 6.52. The van der Waals surface area contributed by atoms with Crippen LogP contribution in [0.15, 0.2) is 47.5 Å². The molecule has 29 heavy (non-hydrogen) atoms. The number of nitrogens with zero attached hydrogens (tertiary/aromatic N) is 2. The first-order valence-electron chi connectivity index (χ1n) is 8.26. The van der Waals surface area contributed by atoms with Gasteiger partial charge in [0.15, 0.2) is 11.6 Å². The van der Waals surface area contributed by atoms with Crippen molar-refractivity contribution in [3.8, 4) is 11.8 Å². The van der Waals surface area contributed by atoms with Crippen LogP contribution in [-0.2, 0) is 13.0 Å². The molecule has 3 rings (SSSR count). The Morgan fingerprint density at radius 2 is 2.07 bits per heavy atom. The Hall–Kier alpha value is -2.89. The standard InChI is InChI=1S/C20H12ClF3N2O2S/c21-19-13(4-5-14-3-1-2-6-25-14)9-17(29-19)16(27)8-12-7-15(22)20(28)26(10-12)11-18(23)24/h1-3,6-7,9-10,18H,8,11H2. The summed E-state index contributed by atoms with van der Waals surface area (Å²) in [6, 6.07) is 7.65. The third kappa shape index (κ3) is 5.34. The fraction of sp³-hybridized carbons (Fsp3) is 0.150. The number of halogens is 4. The van der Waals surface area contributed by atoms with Crippen LogP contribution in [0.1, 0.15) is 26.5 Å². The molecule has 4 nitrogen and oxygen atoms in total.